The van der Waals surface area contributed by atoms with E-state index in [-0.39, 0.29) is 37.2 Å². The highest BCUT2D eigenvalue weighted by molar-refractivity contribution is 5.96. The highest BCUT2D eigenvalue weighted by Gasteiger charge is 2.18. The number of rotatable bonds is 6. The number of ether oxygens (including phenoxy) is 1. The summed E-state index contributed by atoms with van der Waals surface area (Å²) in [7, 11) is 2.11. The fraction of sp³-hybridized carbons (Fsp3) is 0.562. The molecule has 2 rings (SSSR count). The van der Waals surface area contributed by atoms with Gasteiger partial charge in [-0.05, 0) is 26.1 Å². The number of benzene rings is 1. The Bertz CT molecular complexity index is 480. The van der Waals surface area contributed by atoms with Crippen molar-refractivity contribution in [1.29, 1.82) is 0 Å². The van der Waals surface area contributed by atoms with Gasteiger partial charge in [0.25, 0.3) is 0 Å². The number of halogens is 2. The van der Waals surface area contributed by atoms with Gasteiger partial charge in [0.1, 0.15) is 18.5 Å². The van der Waals surface area contributed by atoms with Crippen molar-refractivity contribution in [3.05, 3.63) is 29.8 Å². The van der Waals surface area contributed by atoms with E-state index in [4.69, 9.17) is 4.74 Å². The van der Waals surface area contributed by atoms with Crippen molar-refractivity contribution in [2.45, 2.75) is 13.0 Å². The van der Waals surface area contributed by atoms with Gasteiger partial charge in [0, 0.05) is 32.7 Å². The van der Waals surface area contributed by atoms with Crippen LogP contribution in [0.2, 0.25) is 0 Å². The number of likely N-dealkylation sites (N-methyl/N-ethyl adjacent to an activating group) is 1. The quantitative estimate of drug-likeness (QED) is 0.778. The molecule has 0 amide bonds. The van der Waals surface area contributed by atoms with Gasteiger partial charge in [-0.15, -0.1) is 24.8 Å². The first-order valence-corrected chi connectivity index (χ1v) is 7.38. The second-order valence-corrected chi connectivity index (χ2v) is 5.62. The first-order chi connectivity index (χ1) is 10.1. The Morgan fingerprint density at radius 2 is 1.83 bits per heavy atom. The second kappa shape index (κ2) is 10.8. The van der Waals surface area contributed by atoms with Crippen LogP contribution in [0.4, 0.5) is 0 Å². The number of hydrogen-bond donors (Lipinski definition) is 1. The highest BCUT2D eigenvalue weighted by atomic mass is 35.5. The molecule has 1 aromatic rings. The van der Waals surface area contributed by atoms with Crippen molar-refractivity contribution in [2.24, 2.45) is 0 Å². The molecule has 1 aromatic carbocycles. The standard InChI is InChI=1S/C16H24N2O3.2ClH/c1-13(19)15-5-3-4-6-16(15)21-12-14(20)11-18-9-7-17(2)8-10-18;;/h3-6,14,20H,7-12H2,1-2H3;2*1H. The zero-order valence-corrected chi connectivity index (χ0v) is 15.2. The SMILES string of the molecule is CC(=O)c1ccccc1OCC(O)CN1CCN(C)CC1.Cl.Cl. The fourth-order valence-electron chi connectivity index (χ4n) is 2.45. The van der Waals surface area contributed by atoms with Gasteiger partial charge >= 0.3 is 0 Å². The van der Waals surface area contributed by atoms with Crippen molar-refractivity contribution < 1.29 is 14.6 Å². The van der Waals surface area contributed by atoms with Crippen LogP contribution in [0.5, 0.6) is 5.75 Å². The van der Waals surface area contributed by atoms with Crippen molar-refractivity contribution in [3.63, 3.8) is 0 Å². The van der Waals surface area contributed by atoms with Crippen molar-refractivity contribution in [2.75, 3.05) is 46.4 Å². The van der Waals surface area contributed by atoms with E-state index in [1.165, 1.54) is 6.92 Å². The van der Waals surface area contributed by atoms with Gasteiger partial charge in [0.15, 0.2) is 5.78 Å². The van der Waals surface area contributed by atoms with Crippen molar-refractivity contribution in [3.8, 4) is 5.75 Å². The summed E-state index contributed by atoms with van der Waals surface area (Å²) in [6.45, 7) is 6.33. The van der Waals surface area contributed by atoms with E-state index in [0.717, 1.165) is 26.2 Å². The lowest BCUT2D eigenvalue weighted by atomic mass is 10.1. The van der Waals surface area contributed by atoms with Gasteiger partial charge in [-0.3, -0.25) is 9.69 Å². The first-order valence-electron chi connectivity index (χ1n) is 7.38. The predicted molar refractivity (Wildman–Crippen MR) is 96.4 cm³/mol. The third-order valence-corrected chi connectivity index (χ3v) is 3.76. The Labute approximate surface area is 150 Å². The van der Waals surface area contributed by atoms with Crippen LogP contribution in [-0.4, -0.2) is 73.2 Å². The number of β-amino-alcohol motifs (C(OH)–C–C–N with tert-alkyl or cyclic N) is 1. The molecule has 1 aliphatic rings. The number of Topliss-reactive ketones (excluding diaryl/α,β-unsaturated/α-hetero) is 1. The van der Waals surface area contributed by atoms with E-state index >= 15 is 0 Å². The minimum atomic E-state index is -0.548. The fourth-order valence-corrected chi connectivity index (χ4v) is 2.45. The molecular formula is C16H26Cl2N2O3. The molecule has 5 nitrogen and oxygen atoms in total. The molecule has 0 saturated carbocycles. The number of aliphatic hydroxyl groups excluding tert-OH is 1. The van der Waals surface area contributed by atoms with Gasteiger partial charge in [-0.1, -0.05) is 12.1 Å². The van der Waals surface area contributed by atoms with Crippen molar-refractivity contribution >= 4 is 30.6 Å². The van der Waals surface area contributed by atoms with E-state index in [0.29, 0.717) is 17.9 Å². The topological polar surface area (TPSA) is 53.0 Å². The molecule has 1 fully saturated rings. The molecule has 7 heteroatoms. The number of piperazine rings is 1. The Kier molecular flexibility index (Phi) is 10.4. The molecule has 0 radical (unpaired) electrons. The molecule has 0 spiro atoms. The molecule has 0 aliphatic carbocycles. The molecule has 1 heterocycles. The Balaban J connectivity index is 0.00000242. The normalized spacial score (nSPS) is 16.8. The average Bonchev–Trinajstić information content (AvgIpc) is 2.48. The number of carbonyl (C=O) groups excluding carboxylic acids is 1. The minimum absolute atomic E-state index is 0. The van der Waals surface area contributed by atoms with E-state index in [2.05, 4.69) is 16.8 Å². The summed E-state index contributed by atoms with van der Waals surface area (Å²) in [6.07, 6.45) is -0.548. The van der Waals surface area contributed by atoms with Crippen LogP contribution in [0.15, 0.2) is 24.3 Å². The maximum Gasteiger partial charge on any atom is 0.163 e. The number of nitrogens with zero attached hydrogens (tertiary/aromatic N) is 2. The molecular weight excluding hydrogens is 339 g/mol. The molecule has 23 heavy (non-hydrogen) atoms. The zero-order chi connectivity index (χ0) is 15.2. The lowest BCUT2D eigenvalue weighted by molar-refractivity contribution is 0.0501. The highest BCUT2D eigenvalue weighted by Crippen LogP contribution is 2.18. The minimum Gasteiger partial charge on any atom is -0.490 e. The third kappa shape index (κ3) is 7.06. The summed E-state index contributed by atoms with van der Waals surface area (Å²) in [5.74, 6) is 0.515. The van der Waals surface area contributed by atoms with Crippen LogP contribution in [0.25, 0.3) is 0 Å². The van der Waals surface area contributed by atoms with Gasteiger partial charge in [0.05, 0.1) is 5.56 Å². The monoisotopic (exact) mass is 364 g/mol. The second-order valence-electron chi connectivity index (χ2n) is 5.62. The number of ketones is 1. The van der Waals surface area contributed by atoms with Crippen LogP contribution >= 0.6 is 24.8 Å². The number of hydrogen-bond acceptors (Lipinski definition) is 5. The first kappa shape index (κ1) is 22.1. The van der Waals surface area contributed by atoms with Crippen molar-refractivity contribution in [1.82, 2.24) is 9.80 Å². The van der Waals surface area contributed by atoms with E-state index in [1.54, 1.807) is 12.1 Å². The van der Waals surface area contributed by atoms with Crippen LogP contribution in [-0.2, 0) is 0 Å². The Hall–Kier alpha value is -0.850. The van der Waals surface area contributed by atoms with E-state index < -0.39 is 6.10 Å². The Morgan fingerprint density at radius 1 is 1.22 bits per heavy atom. The van der Waals surface area contributed by atoms with Crippen LogP contribution in [0.1, 0.15) is 17.3 Å². The molecule has 1 unspecified atom stereocenters. The van der Waals surface area contributed by atoms with Gasteiger partial charge in [-0.25, -0.2) is 0 Å². The molecule has 1 N–H and O–H groups in total. The smallest absolute Gasteiger partial charge is 0.163 e. The summed E-state index contributed by atoms with van der Waals surface area (Å²) < 4.78 is 5.61. The van der Waals surface area contributed by atoms with Gasteiger partial charge in [-0.2, -0.15) is 0 Å². The molecule has 132 valence electrons. The number of aliphatic hydroxyl groups is 1. The summed E-state index contributed by atoms with van der Waals surface area (Å²) in [6, 6.07) is 7.14. The summed E-state index contributed by atoms with van der Waals surface area (Å²) >= 11 is 0. The van der Waals surface area contributed by atoms with Crippen LogP contribution in [0, 0.1) is 0 Å². The molecule has 1 saturated heterocycles. The summed E-state index contributed by atoms with van der Waals surface area (Å²) in [4.78, 5) is 16.0. The average molecular weight is 365 g/mol. The lowest BCUT2D eigenvalue weighted by Gasteiger charge is -2.33. The maximum absolute atomic E-state index is 11.5. The van der Waals surface area contributed by atoms with E-state index in [9.17, 15) is 9.90 Å². The summed E-state index contributed by atoms with van der Waals surface area (Å²) in [5, 5.41) is 10.1. The molecule has 1 aliphatic heterocycles. The zero-order valence-electron chi connectivity index (χ0n) is 13.6. The Morgan fingerprint density at radius 3 is 2.43 bits per heavy atom. The predicted octanol–water partition coefficient (Wildman–Crippen LogP) is 1.72. The largest absolute Gasteiger partial charge is 0.490 e. The lowest BCUT2D eigenvalue weighted by Crippen LogP contribution is -2.47. The number of para-hydroxylation sites is 1. The molecule has 0 bridgehead atoms. The number of carbonyl (C=O) groups is 1. The molecule has 1 atom stereocenters. The maximum atomic E-state index is 11.5. The van der Waals surface area contributed by atoms with Gasteiger partial charge in [0.2, 0.25) is 0 Å². The summed E-state index contributed by atoms with van der Waals surface area (Å²) in [5.41, 5.74) is 0.560. The third-order valence-electron chi connectivity index (χ3n) is 3.76. The van der Waals surface area contributed by atoms with Gasteiger partial charge < -0.3 is 14.7 Å². The molecule has 0 aromatic heterocycles. The van der Waals surface area contributed by atoms with E-state index in [1.807, 2.05) is 12.1 Å². The van der Waals surface area contributed by atoms with Crippen LogP contribution in [0.3, 0.4) is 0 Å². The van der Waals surface area contributed by atoms with Crippen LogP contribution < -0.4 is 4.74 Å².